The third-order valence-electron chi connectivity index (χ3n) is 3.46. The number of aromatic nitrogens is 4. The van der Waals surface area contributed by atoms with Gasteiger partial charge < -0.3 is 5.32 Å². The molecule has 2 rings (SSSR count). The summed E-state index contributed by atoms with van der Waals surface area (Å²) in [5.74, 6) is 0.827. The first-order chi connectivity index (χ1) is 10.1. The zero-order valence-electron chi connectivity index (χ0n) is 13.0. The number of nitrogens with one attached hydrogen (secondary N) is 1. The van der Waals surface area contributed by atoms with Gasteiger partial charge in [-0.15, -0.1) is 0 Å². The second kappa shape index (κ2) is 7.13. The van der Waals surface area contributed by atoms with Crippen LogP contribution in [0.5, 0.6) is 0 Å². The number of hydrogen-bond acceptors (Lipinski definition) is 4. The van der Waals surface area contributed by atoms with E-state index in [1.807, 2.05) is 31.0 Å². The van der Waals surface area contributed by atoms with Crippen molar-refractivity contribution >= 4 is 15.9 Å². The zero-order valence-corrected chi connectivity index (χ0v) is 14.6. The second-order valence-electron chi connectivity index (χ2n) is 5.12. The molecule has 0 saturated heterocycles. The van der Waals surface area contributed by atoms with Crippen LogP contribution in [0.4, 0.5) is 0 Å². The fourth-order valence-electron chi connectivity index (χ4n) is 2.32. The lowest BCUT2D eigenvalue weighted by Crippen LogP contribution is -2.26. The highest BCUT2D eigenvalue weighted by molar-refractivity contribution is 9.10. The summed E-state index contributed by atoms with van der Waals surface area (Å²) in [4.78, 5) is 8.92. The Morgan fingerprint density at radius 2 is 1.95 bits per heavy atom. The summed E-state index contributed by atoms with van der Waals surface area (Å²) in [5, 5.41) is 8.01. The number of rotatable bonds is 6. The van der Waals surface area contributed by atoms with E-state index >= 15 is 0 Å². The molecule has 0 amide bonds. The molecule has 5 nitrogen and oxygen atoms in total. The van der Waals surface area contributed by atoms with Gasteiger partial charge in [-0.25, -0.2) is 9.97 Å². The molecule has 0 bridgehead atoms. The third-order valence-corrected chi connectivity index (χ3v) is 4.38. The Hall–Kier alpha value is -1.27. The van der Waals surface area contributed by atoms with Gasteiger partial charge in [-0.2, -0.15) is 5.10 Å². The van der Waals surface area contributed by atoms with Gasteiger partial charge in [0.2, 0.25) is 0 Å². The van der Waals surface area contributed by atoms with Crippen molar-refractivity contribution in [1.29, 1.82) is 0 Å². The minimum absolute atomic E-state index is 0.0898. The van der Waals surface area contributed by atoms with Crippen molar-refractivity contribution < 1.29 is 0 Å². The van der Waals surface area contributed by atoms with Crippen LogP contribution in [0.3, 0.4) is 0 Å². The van der Waals surface area contributed by atoms with Gasteiger partial charge in [0.25, 0.3) is 0 Å². The highest BCUT2D eigenvalue weighted by Crippen LogP contribution is 2.25. The van der Waals surface area contributed by atoms with E-state index in [0.29, 0.717) is 0 Å². The molecule has 6 heteroatoms. The fourth-order valence-corrected chi connectivity index (χ4v) is 3.10. The molecule has 0 saturated carbocycles. The molecular formula is C15H22BrN5. The van der Waals surface area contributed by atoms with Gasteiger partial charge in [-0.05, 0) is 41.4 Å². The van der Waals surface area contributed by atoms with Gasteiger partial charge in [-0.3, -0.25) is 4.68 Å². The van der Waals surface area contributed by atoms with Crippen molar-refractivity contribution in [1.82, 2.24) is 25.1 Å². The topological polar surface area (TPSA) is 55.6 Å². The van der Waals surface area contributed by atoms with Crippen LogP contribution in [-0.2, 0) is 19.9 Å². The van der Waals surface area contributed by atoms with Crippen LogP contribution in [0.2, 0.25) is 0 Å². The van der Waals surface area contributed by atoms with E-state index in [2.05, 4.69) is 50.2 Å². The Kier molecular flexibility index (Phi) is 5.47. The Labute approximate surface area is 134 Å². The summed E-state index contributed by atoms with van der Waals surface area (Å²) in [6.45, 7) is 7.08. The third kappa shape index (κ3) is 3.68. The molecule has 2 aromatic rings. The van der Waals surface area contributed by atoms with Crippen LogP contribution in [0.15, 0.2) is 16.9 Å². The van der Waals surface area contributed by atoms with E-state index in [1.165, 1.54) is 5.69 Å². The van der Waals surface area contributed by atoms with Gasteiger partial charge in [0.05, 0.1) is 21.9 Å². The molecule has 0 radical (unpaired) electrons. The van der Waals surface area contributed by atoms with E-state index in [1.54, 1.807) is 0 Å². The van der Waals surface area contributed by atoms with Gasteiger partial charge in [-0.1, -0.05) is 13.8 Å². The number of nitrogens with zero attached hydrogens (tertiary/aromatic N) is 4. The summed E-state index contributed by atoms with van der Waals surface area (Å²) < 4.78 is 3.05. The summed E-state index contributed by atoms with van der Waals surface area (Å²) in [7, 11) is 1.98. The zero-order chi connectivity index (χ0) is 15.4. The van der Waals surface area contributed by atoms with Crippen molar-refractivity contribution in [2.75, 3.05) is 6.54 Å². The normalized spacial score (nSPS) is 12.6. The van der Waals surface area contributed by atoms with E-state index in [4.69, 9.17) is 0 Å². The molecule has 1 N–H and O–H groups in total. The van der Waals surface area contributed by atoms with Crippen molar-refractivity contribution in [3.05, 3.63) is 39.6 Å². The molecule has 2 heterocycles. The molecule has 0 aliphatic carbocycles. The molecule has 0 aliphatic rings. The molecule has 1 unspecified atom stereocenters. The summed E-state index contributed by atoms with van der Waals surface area (Å²) in [5.41, 5.74) is 3.33. The lowest BCUT2D eigenvalue weighted by atomic mass is 10.1. The van der Waals surface area contributed by atoms with E-state index in [9.17, 15) is 0 Å². The summed E-state index contributed by atoms with van der Waals surface area (Å²) >= 11 is 3.67. The average molecular weight is 352 g/mol. The largest absolute Gasteiger partial charge is 0.307 e. The van der Waals surface area contributed by atoms with Gasteiger partial charge >= 0.3 is 0 Å². The first-order valence-electron chi connectivity index (χ1n) is 7.28. The number of halogens is 1. The van der Waals surface area contributed by atoms with Crippen molar-refractivity contribution in [3.8, 4) is 0 Å². The molecular weight excluding hydrogens is 330 g/mol. The molecule has 1 atom stereocenters. The molecule has 21 heavy (non-hydrogen) atoms. The van der Waals surface area contributed by atoms with Crippen LogP contribution in [0, 0.1) is 6.92 Å². The van der Waals surface area contributed by atoms with Crippen molar-refractivity contribution in [2.24, 2.45) is 7.05 Å². The van der Waals surface area contributed by atoms with E-state index in [0.717, 1.165) is 40.9 Å². The lowest BCUT2D eigenvalue weighted by Gasteiger charge is -2.17. The van der Waals surface area contributed by atoms with E-state index < -0.39 is 0 Å². The quantitative estimate of drug-likeness (QED) is 0.869. The first-order valence-corrected chi connectivity index (χ1v) is 8.08. The number of likely N-dealkylation sites (N-methyl/N-ethyl adjacent to an activating group) is 1. The van der Waals surface area contributed by atoms with Gasteiger partial charge in [0.15, 0.2) is 0 Å². The van der Waals surface area contributed by atoms with Crippen molar-refractivity contribution in [3.63, 3.8) is 0 Å². The Balaban J connectivity index is 2.28. The monoisotopic (exact) mass is 351 g/mol. The smallest absolute Gasteiger partial charge is 0.145 e. The van der Waals surface area contributed by atoms with E-state index in [-0.39, 0.29) is 6.04 Å². The second-order valence-corrected chi connectivity index (χ2v) is 5.91. The highest BCUT2D eigenvalue weighted by Gasteiger charge is 2.20. The molecule has 0 aliphatic heterocycles. The van der Waals surface area contributed by atoms with Crippen molar-refractivity contribution in [2.45, 2.75) is 39.7 Å². The van der Waals surface area contributed by atoms with Crippen LogP contribution < -0.4 is 5.32 Å². The Morgan fingerprint density at radius 3 is 2.48 bits per heavy atom. The fraction of sp³-hybridized carbons (Fsp3) is 0.533. The Bertz CT molecular complexity index is 591. The predicted octanol–water partition coefficient (Wildman–Crippen LogP) is 2.74. The average Bonchev–Trinajstić information content (AvgIpc) is 2.75. The maximum atomic E-state index is 4.55. The van der Waals surface area contributed by atoms with Crippen LogP contribution in [0.1, 0.15) is 42.7 Å². The molecule has 0 spiro atoms. The summed E-state index contributed by atoms with van der Waals surface area (Å²) in [6, 6.07) is 0.0898. The minimum atomic E-state index is 0.0898. The lowest BCUT2D eigenvalue weighted by molar-refractivity contribution is 0.503. The maximum Gasteiger partial charge on any atom is 0.145 e. The molecule has 114 valence electrons. The minimum Gasteiger partial charge on any atom is -0.307 e. The predicted molar refractivity (Wildman–Crippen MR) is 87.2 cm³/mol. The Morgan fingerprint density at radius 1 is 1.29 bits per heavy atom. The first kappa shape index (κ1) is 16.1. The molecule has 2 aromatic heterocycles. The maximum absolute atomic E-state index is 4.55. The molecule has 0 aromatic carbocycles. The standard InChI is InChI=1S/C15H22BrN5/c1-5-11-14(16)13(21(4)20-11)7-12(17-6-2)15-18-8-10(3)9-19-15/h8-9,12,17H,5-7H2,1-4H3. The van der Waals surface area contributed by atoms with Crippen LogP contribution >= 0.6 is 15.9 Å². The number of hydrogen-bond donors (Lipinski definition) is 1. The highest BCUT2D eigenvalue weighted by atomic mass is 79.9. The SMILES string of the molecule is CCNC(Cc1c(Br)c(CC)nn1C)c1ncc(C)cn1. The molecule has 0 fully saturated rings. The number of aryl methyl sites for hydroxylation is 3. The summed E-state index contributed by atoms with van der Waals surface area (Å²) in [6.07, 6.45) is 5.45. The van der Waals surface area contributed by atoms with Gasteiger partial charge in [0, 0.05) is 25.9 Å². The van der Waals surface area contributed by atoms with Gasteiger partial charge in [0.1, 0.15) is 5.82 Å². The van der Waals surface area contributed by atoms with Crippen LogP contribution in [-0.4, -0.2) is 26.3 Å². The van der Waals surface area contributed by atoms with Crippen LogP contribution in [0.25, 0.3) is 0 Å².